The first-order valence-electron chi connectivity index (χ1n) is 5.31. The van der Waals surface area contributed by atoms with Crippen molar-refractivity contribution in [2.75, 3.05) is 0 Å². The third kappa shape index (κ3) is 2.58. The van der Waals surface area contributed by atoms with Crippen molar-refractivity contribution in [2.24, 2.45) is 0 Å². The molecular formula is C12H12F3NOS. The summed E-state index contributed by atoms with van der Waals surface area (Å²) >= 11 is 1.28. The Morgan fingerprint density at radius 2 is 1.83 bits per heavy atom. The third-order valence-corrected chi connectivity index (χ3v) is 3.23. The van der Waals surface area contributed by atoms with Gasteiger partial charge in [0.15, 0.2) is 10.8 Å². The molecule has 0 amide bonds. The normalized spacial score (nSPS) is 13.0. The van der Waals surface area contributed by atoms with E-state index in [-0.39, 0.29) is 11.2 Å². The van der Waals surface area contributed by atoms with Crippen LogP contribution >= 0.6 is 11.3 Å². The average molecular weight is 275 g/mol. The van der Waals surface area contributed by atoms with Crippen LogP contribution in [0.2, 0.25) is 0 Å². The number of furan rings is 1. The van der Waals surface area contributed by atoms with Crippen LogP contribution in [0.1, 0.15) is 32.2 Å². The Balaban J connectivity index is 2.33. The van der Waals surface area contributed by atoms with Gasteiger partial charge in [0, 0.05) is 10.8 Å². The highest BCUT2D eigenvalue weighted by Crippen LogP contribution is 2.35. The monoisotopic (exact) mass is 275 g/mol. The maximum atomic E-state index is 12.4. The number of halogens is 3. The zero-order valence-corrected chi connectivity index (χ0v) is 10.9. The van der Waals surface area contributed by atoms with Crippen molar-refractivity contribution in [1.29, 1.82) is 0 Å². The molecule has 0 spiro atoms. The fourth-order valence-electron chi connectivity index (χ4n) is 1.34. The molecule has 0 saturated carbocycles. The standard InChI is InChI=1S/C12H12F3NOS/c1-11(2,3)8-6-18-10(16-8)7-4-5-9(17-7)12(13,14)15/h4-6H,1-3H3. The van der Waals surface area contributed by atoms with E-state index in [2.05, 4.69) is 4.98 Å². The van der Waals surface area contributed by atoms with E-state index >= 15 is 0 Å². The van der Waals surface area contributed by atoms with E-state index in [9.17, 15) is 13.2 Å². The zero-order valence-electron chi connectivity index (χ0n) is 10.1. The lowest BCUT2D eigenvalue weighted by molar-refractivity contribution is -0.152. The fraction of sp³-hybridized carbons (Fsp3) is 0.417. The number of aromatic nitrogens is 1. The summed E-state index contributed by atoms with van der Waals surface area (Å²) in [7, 11) is 0. The quantitative estimate of drug-likeness (QED) is 0.752. The average Bonchev–Trinajstić information content (AvgIpc) is 2.84. The van der Waals surface area contributed by atoms with Crippen LogP contribution in [-0.4, -0.2) is 4.98 Å². The summed E-state index contributed by atoms with van der Waals surface area (Å²) in [6.45, 7) is 5.99. The topological polar surface area (TPSA) is 26.0 Å². The molecule has 6 heteroatoms. The molecule has 0 fully saturated rings. The highest BCUT2D eigenvalue weighted by Gasteiger charge is 2.35. The van der Waals surface area contributed by atoms with Gasteiger partial charge in [0.25, 0.3) is 0 Å². The summed E-state index contributed by atoms with van der Waals surface area (Å²) in [5, 5.41) is 2.31. The van der Waals surface area contributed by atoms with Gasteiger partial charge in [-0.3, -0.25) is 0 Å². The lowest BCUT2D eigenvalue weighted by Crippen LogP contribution is -2.11. The molecule has 2 aromatic heterocycles. The highest BCUT2D eigenvalue weighted by molar-refractivity contribution is 7.13. The second-order valence-electron chi connectivity index (χ2n) is 4.95. The van der Waals surface area contributed by atoms with Gasteiger partial charge in [0.05, 0.1) is 5.69 Å². The van der Waals surface area contributed by atoms with E-state index in [1.165, 1.54) is 17.4 Å². The van der Waals surface area contributed by atoms with Gasteiger partial charge in [-0.15, -0.1) is 11.3 Å². The molecule has 2 aromatic rings. The van der Waals surface area contributed by atoms with Crippen LogP contribution in [0.25, 0.3) is 10.8 Å². The largest absolute Gasteiger partial charge is 0.449 e. The molecule has 98 valence electrons. The van der Waals surface area contributed by atoms with E-state index in [0.717, 1.165) is 11.8 Å². The van der Waals surface area contributed by atoms with Crippen LogP contribution < -0.4 is 0 Å². The molecule has 0 aliphatic heterocycles. The Bertz CT molecular complexity index is 498. The van der Waals surface area contributed by atoms with Crippen molar-refractivity contribution < 1.29 is 17.6 Å². The number of thiazole rings is 1. The molecule has 0 aliphatic carbocycles. The maximum absolute atomic E-state index is 12.4. The molecule has 2 heterocycles. The summed E-state index contributed by atoms with van der Waals surface area (Å²) in [5.74, 6) is -0.840. The van der Waals surface area contributed by atoms with Crippen LogP contribution in [0.15, 0.2) is 21.9 Å². The first-order valence-corrected chi connectivity index (χ1v) is 6.19. The van der Waals surface area contributed by atoms with Gasteiger partial charge >= 0.3 is 6.18 Å². The minimum Gasteiger partial charge on any atom is -0.449 e. The number of alkyl halides is 3. The number of nitrogens with zero attached hydrogens (tertiary/aromatic N) is 1. The summed E-state index contributed by atoms with van der Waals surface area (Å²) in [4.78, 5) is 4.30. The lowest BCUT2D eigenvalue weighted by Gasteiger charge is -2.13. The molecule has 0 N–H and O–H groups in total. The van der Waals surface area contributed by atoms with E-state index < -0.39 is 11.9 Å². The van der Waals surface area contributed by atoms with E-state index in [4.69, 9.17) is 4.42 Å². The van der Waals surface area contributed by atoms with Gasteiger partial charge in [-0.2, -0.15) is 13.2 Å². The van der Waals surface area contributed by atoms with Gasteiger partial charge in [-0.25, -0.2) is 4.98 Å². The minimum absolute atomic E-state index is 0.131. The van der Waals surface area contributed by atoms with Crippen LogP contribution in [0.3, 0.4) is 0 Å². The minimum atomic E-state index is -4.46. The second-order valence-corrected chi connectivity index (χ2v) is 5.81. The number of hydrogen-bond donors (Lipinski definition) is 0. The molecule has 0 atom stereocenters. The Morgan fingerprint density at radius 3 is 2.28 bits per heavy atom. The van der Waals surface area contributed by atoms with Crippen molar-refractivity contribution in [3.8, 4) is 10.8 Å². The molecule has 0 aliphatic rings. The number of rotatable bonds is 1. The summed E-state index contributed by atoms with van der Waals surface area (Å²) in [5.41, 5.74) is 0.709. The number of hydrogen-bond acceptors (Lipinski definition) is 3. The van der Waals surface area contributed by atoms with E-state index in [1.807, 2.05) is 26.2 Å². The summed E-state index contributed by atoms with van der Waals surface area (Å²) in [6, 6.07) is 2.22. The molecule has 0 unspecified atom stereocenters. The van der Waals surface area contributed by atoms with Crippen molar-refractivity contribution in [1.82, 2.24) is 4.98 Å². The Labute approximate surface area is 106 Å². The zero-order chi connectivity index (χ0) is 13.6. The van der Waals surface area contributed by atoms with Crippen LogP contribution in [0.4, 0.5) is 13.2 Å². The van der Waals surface area contributed by atoms with Gasteiger partial charge in [-0.05, 0) is 12.1 Å². The van der Waals surface area contributed by atoms with Crippen molar-refractivity contribution >= 4 is 11.3 Å². The Hall–Kier alpha value is -1.30. The Morgan fingerprint density at radius 1 is 1.17 bits per heavy atom. The summed E-state index contributed by atoms with van der Waals surface area (Å²) in [6.07, 6.45) is -4.46. The molecule has 0 bridgehead atoms. The van der Waals surface area contributed by atoms with E-state index in [0.29, 0.717) is 5.01 Å². The predicted octanol–water partition coefficient (Wildman–Crippen LogP) is 4.72. The maximum Gasteiger partial charge on any atom is 0.449 e. The van der Waals surface area contributed by atoms with Crippen molar-refractivity contribution in [3.05, 3.63) is 29.0 Å². The van der Waals surface area contributed by atoms with Crippen LogP contribution in [-0.2, 0) is 11.6 Å². The molecule has 18 heavy (non-hydrogen) atoms. The molecule has 2 nitrogen and oxygen atoms in total. The third-order valence-electron chi connectivity index (χ3n) is 2.37. The van der Waals surface area contributed by atoms with Gasteiger partial charge in [0.1, 0.15) is 0 Å². The smallest absolute Gasteiger partial charge is 0.449 e. The molecule has 0 radical (unpaired) electrons. The van der Waals surface area contributed by atoms with Crippen molar-refractivity contribution in [2.45, 2.75) is 32.4 Å². The first-order chi connectivity index (χ1) is 8.18. The molecule has 0 aromatic carbocycles. The van der Waals surface area contributed by atoms with Gasteiger partial charge in [-0.1, -0.05) is 20.8 Å². The summed E-state index contributed by atoms with van der Waals surface area (Å²) < 4.78 is 42.0. The van der Waals surface area contributed by atoms with Gasteiger partial charge in [0.2, 0.25) is 5.76 Å². The molecule has 0 saturated heterocycles. The van der Waals surface area contributed by atoms with Crippen molar-refractivity contribution in [3.63, 3.8) is 0 Å². The molecule has 2 rings (SSSR count). The molecular weight excluding hydrogens is 263 g/mol. The van der Waals surface area contributed by atoms with Crippen LogP contribution in [0.5, 0.6) is 0 Å². The van der Waals surface area contributed by atoms with Gasteiger partial charge < -0.3 is 4.42 Å². The first kappa shape index (κ1) is 13.1. The van der Waals surface area contributed by atoms with E-state index in [1.54, 1.807) is 0 Å². The van der Waals surface area contributed by atoms with Crippen LogP contribution in [0, 0.1) is 0 Å². The lowest BCUT2D eigenvalue weighted by atomic mass is 9.93. The second kappa shape index (κ2) is 4.12. The highest BCUT2D eigenvalue weighted by atomic mass is 32.1. The SMILES string of the molecule is CC(C)(C)c1csc(-c2ccc(C(F)(F)F)o2)n1. The Kier molecular flexibility index (Phi) is 3.01. The predicted molar refractivity (Wildman–Crippen MR) is 63.5 cm³/mol. The fourth-order valence-corrected chi connectivity index (χ4v) is 2.34.